The summed E-state index contributed by atoms with van der Waals surface area (Å²) in [6, 6.07) is 1.12. The number of hydrogen-bond donors (Lipinski definition) is 1. The van der Waals surface area contributed by atoms with Gasteiger partial charge in [-0.05, 0) is 18.4 Å². The Kier molecular flexibility index (Phi) is 3.78. The minimum atomic E-state index is -0.901. The van der Waals surface area contributed by atoms with E-state index in [1.54, 1.807) is 0 Å². The lowest BCUT2D eigenvalue weighted by Gasteiger charge is -2.34. The van der Waals surface area contributed by atoms with Crippen LogP contribution < -0.4 is 0 Å². The normalized spacial score (nSPS) is 23.2. The first kappa shape index (κ1) is 13.5. The molecule has 0 spiro atoms. The van der Waals surface area contributed by atoms with Gasteiger partial charge in [0.15, 0.2) is 0 Å². The molecule has 6 heteroatoms. The number of carbonyl (C=O) groups excluding carboxylic acids is 1. The predicted octanol–water partition coefficient (Wildman–Crippen LogP) is 1.40. The van der Waals surface area contributed by atoms with Crippen molar-refractivity contribution in [3.8, 4) is 0 Å². The molecule has 2 atom stereocenters. The molecule has 0 aromatic carbocycles. The molecule has 1 aromatic heterocycles. The highest BCUT2D eigenvalue weighted by Crippen LogP contribution is 2.23. The highest BCUT2D eigenvalue weighted by molar-refractivity contribution is 5.94. The standard InChI is InChI=1S/C13H15FN2O3/c1-8-2-10(13(18)19)7-16(6-8)12(17)9-3-11(14)5-15-4-9/h3-5,8,10H,2,6-7H2,1H3,(H,18,19). The lowest BCUT2D eigenvalue weighted by atomic mass is 9.90. The second-order valence-corrected chi connectivity index (χ2v) is 4.98. The lowest BCUT2D eigenvalue weighted by Crippen LogP contribution is -2.45. The van der Waals surface area contributed by atoms with Gasteiger partial charge in [-0.25, -0.2) is 4.39 Å². The van der Waals surface area contributed by atoms with E-state index in [1.165, 1.54) is 11.1 Å². The average Bonchev–Trinajstić information content (AvgIpc) is 2.37. The summed E-state index contributed by atoms with van der Waals surface area (Å²) in [4.78, 5) is 28.3. The lowest BCUT2D eigenvalue weighted by molar-refractivity contribution is -0.143. The van der Waals surface area contributed by atoms with Gasteiger partial charge < -0.3 is 10.0 Å². The number of piperidine rings is 1. The van der Waals surface area contributed by atoms with Crippen LogP contribution in [0.5, 0.6) is 0 Å². The molecule has 0 radical (unpaired) electrons. The number of likely N-dealkylation sites (tertiary alicyclic amines) is 1. The van der Waals surface area contributed by atoms with Crippen molar-refractivity contribution in [3.63, 3.8) is 0 Å². The van der Waals surface area contributed by atoms with Crippen LogP contribution in [0, 0.1) is 17.7 Å². The van der Waals surface area contributed by atoms with Gasteiger partial charge in [-0.15, -0.1) is 0 Å². The van der Waals surface area contributed by atoms with E-state index in [4.69, 9.17) is 5.11 Å². The van der Waals surface area contributed by atoms with Crippen molar-refractivity contribution in [1.29, 1.82) is 0 Å². The summed E-state index contributed by atoms with van der Waals surface area (Å²) in [7, 11) is 0. The maximum atomic E-state index is 13.0. The van der Waals surface area contributed by atoms with Crippen LogP contribution >= 0.6 is 0 Å². The first-order valence-electron chi connectivity index (χ1n) is 6.10. The minimum absolute atomic E-state index is 0.111. The second-order valence-electron chi connectivity index (χ2n) is 4.98. The summed E-state index contributed by atoms with van der Waals surface area (Å²) in [5.74, 6) is -2.30. The molecule has 1 amide bonds. The van der Waals surface area contributed by atoms with E-state index >= 15 is 0 Å². The molecule has 1 aliphatic heterocycles. The third-order valence-electron chi connectivity index (χ3n) is 3.25. The zero-order valence-corrected chi connectivity index (χ0v) is 10.5. The number of carboxylic acids is 1. The molecule has 5 nitrogen and oxygen atoms in total. The number of aliphatic carboxylic acids is 1. The molecule has 1 saturated heterocycles. The minimum Gasteiger partial charge on any atom is -0.481 e. The van der Waals surface area contributed by atoms with E-state index in [-0.39, 0.29) is 23.9 Å². The summed E-state index contributed by atoms with van der Waals surface area (Å²) in [5, 5.41) is 9.06. The third-order valence-corrected chi connectivity index (χ3v) is 3.25. The third kappa shape index (κ3) is 3.07. The van der Waals surface area contributed by atoms with E-state index < -0.39 is 17.7 Å². The highest BCUT2D eigenvalue weighted by Gasteiger charge is 2.32. The van der Waals surface area contributed by atoms with E-state index in [1.807, 2.05) is 6.92 Å². The van der Waals surface area contributed by atoms with Crippen molar-refractivity contribution in [3.05, 3.63) is 29.8 Å². The van der Waals surface area contributed by atoms with Gasteiger partial charge in [0.05, 0.1) is 17.7 Å². The van der Waals surface area contributed by atoms with E-state index in [0.717, 1.165) is 12.3 Å². The quantitative estimate of drug-likeness (QED) is 0.878. The van der Waals surface area contributed by atoms with Crippen LogP contribution in [0.4, 0.5) is 4.39 Å². The van der Waals surface area contributed by atoms with Crippen molar-refractivity contribution in [2.24, 2.45) is 11.8 Å². The Morgan fingerprint density at radius 1 is 1.42 bits per heavy atom. The molecule has 1 aliphatic rings. The van der Waals surface area contributed by atoms with E-state index in [9.17, 15) is 14.0 Å². The fraction of sp³-hybridized carbons (Fsp3) is 0.462. The van der Waals surface area contributed by atoms with Crippen LogP contribution in [0.25, 0.3) is 0 Å². The fourth-order valence-electron chi connectivity index (χ4n) is 2.41. The number of pyridine rings is 1. The van der Waals surface area contributed by atoms with Crippen molar-refractivity contribution < 1.29 is 19.1 Å². The van der Waals surface area contributed by atoms with Crippen molar-refractivity contribution in [2.75, 3.05) is 13.1 Å². The molecular weight excluding hydrogens is 251 g/mol. The summed E-state index contributed by atoms with van der Waals surface area (Å²) in [5.41, 5.74) is 0.151. The molecule has 19 heavy (non-hydrogen) atoms. The highest BCUT2D eigenvalue weighted by atomic mass is 19.1. The van der Waals surface area contributed by atoms with Gasteiger partial charge in [0.25, 0.3) is 5.91 Å². The van der Waals surface area contributed by atoms with Gasteiger partial charge in [-0.3, -0.25) is 14.6 Å². The number of amides is 1. The Balaban J connectivity index is 2.16. The molecule has 1 aromatic rings. The van der Waals surface area contributed by atoms with Crippen LogP contribution in [0.15, 0.2) is 18.5 Å². The van der Waals surface area contributed by atoms with Gasteiger partial charge in [-0.2, -0.15) is 0 Å². The smallest absolute Gasteiger partial charge is 0.308 e. The Hall–Kier alpha value is -1.98. The SMILES string of the molecule is CC1CC(C(=O)O)CN(C(=O)c2cncc(F)c2)C1. The monoisotopic (exact) mass is 266 g/mol. The Labute approximate surface area is 110 Å². The van der Waals surface area contributed by atoms with Crippen molar-refractivity contribution >= 4 is 11.9 Å². The second kappa shape index (κ2) is 5.34. The Morgan fingerprint density at radius 3 is 2.79 bits per heavy atom. The number of nitrogens with zero attached hydrogens (tertiary/aromatic N) is 2. The molecule has 2 rings (SSSR count). The summed E-state index contributed by atoms with van der Waals surface area (Å²) in [6.07, 6.45) is 2.87. The molecule has 2 unspecified atom stereocenters. The Morgan fingerprint density at radius 2 is 2.16 bits per heavy atom. The van der Waals surface area contributed by atoms with Crippen LogP contribution in [-0.2, 0) is 4.79 Å². The molecule has 0 aliphatic carbocycles. The Bertz CT molecular complexity index is 506. The number of rotatable bonds is 2. The number of carboxylic acid groups (broad SMARTS) is 1. The largest absolute Gasteiger partial charge is 0.481 e. The molecule has 1 N–H and O–H groups in total. The van der Waals surface area contributed by atoms with Crippen molar-refractivity contribution in [2.45, 2.75) is 13.3 Å². The van der Waals surface area contributed by atoms with E-state index in [2.05, 4.69) is 4.98 Å². The van der Waals surface area contributed by atoms with Crippen molar-refractivity contribution in [1.82, 2.24) is 9.88 Å². The average molecular weight is 266 g/mol. The topological polar surface area (TPSA) is 70.5 Å². The van der Waals surface area contributed by atoms with Crippen LogP contribution in [-0.4, -0.2) is 40.0 Å². The number of carbonyl (C=O) groups is 2. The predicted molar refractivity (Wildman–Crippen MR) is 65.0 cm³/mol. The van der Waals surface area contributed by atoms with Gasteiger partial charge in [0.1, 0.15) is 5.82 Å². The molecule has 102 valence electrons. The molecular formula is C13H15FN2O3. The maximum Gasteiger partial charge on any atom is 0.308 e. The van der Waals surface area contributed by atoms with Gasteiger partial charge in [0.2, 0.25) is 0 Å². The van der Waals surface area contributed by atoms with E-state index in [0.29, 0.717) is 13.0 Å². The van der Waals surface area contributed by atoms with Crippen LogP contribution in [0.2, 0.25) is 0 Å². The number of hydrogen-bond acceptors (Lipinski definition) is 3. The summed E-state index contributed by atoms with van der Waals surface area (Å²) >= 11 is 0. The molecule has 0 saturated carbocycles. The van der Waals surface area contributed by atoms with Crippen LogP contribution in [0.1, 0.15) is 23.7 Å². The summed E-state index contributed by atoms with van der Waals surface area (Å²) < 4.78 is 13.0. The number of aromatic nitrogens is 1. The van der Waals surface area contributed by atoms with Crippen LogP contribution in [0.3, 0.4) is 0 Å². The zero-order chi connectivity index (χ0) is 14.0. The molecule has 1 fully saturated rings. The molecule has 0 bridgehead atoms. The first-order valence-corrected chi connectivity index (χ1v) is 6.10. The molecule has 2 heterocycles. The van der Waals surface area contributed by atoms with Gasteiger partial charge >= 0.3 is 5.97 Å². The maximum absolute atomic E-state index is 13.0. The van der Waals surface area contributed by atoms with Gasteiger partial charge in [-0.1, -0.05) is 6.92 Å². The first-order chi connectivity index (χ1) is 8.97. The zero-order valence-electron chi connectivity index (χ0n) is 10.5. The summed E-state index contributed by atoms with van der Waals surface area (Å²) in [6.45, 7) is 2.55. The number of halogens is 1. The van der Waals surface area contributed by atoms with Gasteiger partial charge in [0, 0.05) is 19.3 Å². The fourth-order valence-corrected chi connectivity index (χ4v) is 2.41.